The van der Waals surface area contributed by atoms with Gasteiger partial charge >= 0.3 is 11.7 Å². The average Bonchev–Trinajstić information content (AvgIpc) is 2.52. The highest BCUT2D eigenvalue weighted by Gasteiger charge is 2.22. The summed E-state index contributed by atoms with van der Waals surface area (Å²) in [6.07, 6.45) is 0. The fourth-order valence-corrected chi connectivity index (χ4v) is 2.40. The van der Waals surface area contributed by atoms with Crippen molar-refractivity contribution in [3.05, 3.63) is 45.0 Å². The molecule has 1 heterocycles. The van der Waals surface area contributed by atoms with Crippen LogP contribution < -0.4 is 11.4 Å². The zero-order valence-electron chi connectivity index (χ0n) is 10.9. The molecule has 0 radical (unpaired) electrons. The molecule has 0 saturated heterocycles. The van der Waals surface area contributed by atoms with E-state index in [0.29, 0.717) is 5.69 Å². The highest BCUT2D eigenvalue weighted by molar-refractivity contribution is 5.91. The minimum Gasteiger partial charge on any atom is -0.476 e. The predicted octanol–water partition coefficient (Wildman–Crippen LogP) is 1.37. The van der Waals surface area contributed by atoms with Crippen LogP contribution in [0.1, 0.15) is 27.2 Å². The van der Waals surface area contributed by atoms with E-state index in [0.717, 1.165) is 21.3 Å². The predicted molar refractivity (Wildman–Crippen MR) is 72.0 cm³/mol. The summed E-state index contributed by atoms with van der Waals surface area (Å²) >= 11 is 0. The first kappa shape index (κ1) is 12.9. The minimum absolute atomic E-state index is 0.142. The van der Waals surface area contributed by atoms with Gasteiger partial charge in [-0.1, -0.05) is 17.7 Å². The third kappa shape index (κ3) is 2.01. The molecule has 0 saturated carbocycles. The molecule has 6 heteroatoms. The first-order valence-corrected chi connectivity index (χ1v) is 5.75. The Bertz CT molecular complexity index is 702. The van der Waals surface area contributed by atoms with Crippen molar-refractivity contribution in [2.75, 3.05) is 5.73 Å². The number of hydrogen-bond acceptors (Lipinski definition) is 3. The molecule has 6 nitrogen and oxygen atoms in total. The van der Waals surface area contributed by atoms with Crippen molar-refractivity contribution in [3.8, 4) is 5.69 Å². The molecule has 2 aromatic rings. The first-order chi connectivity index (χ1) is 8.82. The molecule has 19 heavy (non-hydrogen) atoms. The molecule has 2 rings (SSSR count). The number of aryl methyl sites for hydroxylation is 3. The number of nitrogen functional groups attached to an aromatic ring is 1. The maximum atomic E-state index is 11.9. The molecule has 0 aliphatic rings. The number of imidazole rings is 1. The fraction of sp³-hybridized carbons (Fsp3) is 0.231. The van der Waals surface area contributed by atoms with Gasteiger partial charge < -0.3 is 10.8 Å². The Balaban J connectivity index is 2.87. The van der Waals surface area contributed by atoms with Gasteiger partial charge in [0.05, 0.1) is 5.69 Å². The van der Waals surface area contributed by atoms with Crippen LogP contribution >= 0.6 is 0 Å². The van der Waals surface area contributed by atoms with E-state index in [9.17, 15) is 14.7 Å². The zero-order chi connectivity index (χ0) is 14.3. The van der Waals surface area contributed by atoms with Gasteiger partial charge in [-0.2, -0.15) is 0 Å². The highest BCUT2D eigenvalue weighted by Crippen LogP contribution is 2.22. The van der Waals surface area contributed by atoms with Gasteiger partial charge in [0.1, 0.15) is 5.82 Å². The van der Waals surface area contributed by atoms with E-state index in [2.05, 4.69) is 4.98 Å². The van der Waals surface area contributed by atoms with Crippen molar-refractivity contribution >= 4 is 11.8 Å². The number of rotatable bonds is 2. The van der Waals surface area contributed by atoms with Crippen LogP contribution in [0.5, 0.6) is 0 Å². The lowest BCUT2D eigenvalue weighted by molar-refractivity contribution is 0.0689. The van der Waals surface area contributed by atoms with Crippen molar-refractivity contribution < 1.29 is 9.90 Å². The lowest BCUT2D eigenvalue weighted by Crippen LogP contribution is -2.21. The molecule has 0 spiro atoms. The number of aromatic amines is 1. The molecule has 1 aromatic carbocycles. The summed E-state index contributed by atoms with van der Waals surface area (Å²) in [4.78, 5) is 25.5. The normalized spacial score (nSPS) is 10.7. The zero-order valence-corrected chi connectivity index (χ0v) is 10.9. The standard InChI is InChI=1S/C13H15N3O3/c1-6-4-7(2)9(8(3)5-6)16-10(12(17)18)11(14)15-13(16)19/h4-5H,14H2,1-3H3,(H,15,19)(H,17,18). The molecule has 4 N–H and O–H groups in total. The van der Waals surface area contributed by atoms with Crippen LogP contribution in [0.2, 0.25) is 0 Å². The topological polar surface area (TPSA) is 101 Å². The van der Waals surface area contributed by atoms with Crippen LogP contribution in [-0.2, 0) is 0 Å². The molecule has 0 aliphatic carbocycles. The second-order valence-electron chi connectivity index (χ2n) is 4.58. The van der Waals surface area contributed by atoms with E-state index in [4.69, 9.17) is 5.73 Å². The number of benzene rings is 1. The first-order valence-electron chi connectivity index (χ1n) is 5.75. The van der Waals surface area contributed by atoms with Gasteiger partial charge in [-0.05, 0) is 31.9 Å². The van der Waals surface area contributed by atoms with Crippen molar-refractivity contribution in [1.29, 1.82) is 0 Å². The van der Waals surface area contributed by atoms with Gasteiger partial charge in [0.2, 0.25) is 0 Å². The van der Waals surface area contributed by atoms with Crippen molar-refractivity contribution in [1.82, 2.24) is 9.55 Å². The van der Waals surface area contributed by atoms with Crippen molar-refractivity contribution in [3.63, 3.8) is 0 Å². The van der Waals surface area contributed by atoms with Gasteiger partial charge in [-0.25, -0.2) is 9.59 Å². The van der Waals surface area contributed by atoms with Crippen LogP contribution in [0.4, 0.5) is 5.82 Å². The van der Waals surface area contributed by atoms with Gasteiger partial charge in [0.25, 0.3) is 0 Å². The van der Waals surface area contributed by atoms with Crippen molar-refractivity contribution in [2.45, 2.75) is 20.8 Å². The minimum atomic E-state index is -1.24. The SMILES string of the molecule is Cc1cc(C)c(-n2c(C(=O)O)c(N)[nH]c2=O)c(C)c1. The summed E-state index contributed by atoms with van der Waals surface area (Å²) in [5.74, 6) is -1.38. The third-order valence-electron chi connectivity index (χ3n) is 2.99. The molecular weight excluding hydrogens is 246 g/mol. The van der Waals surface area contributed by atoms with E-state index in [-0.39, 0.29) is 11.5 Å². The summed E-state index contributed by atoms with van der Waals surface area (Å²) in [5, 5.41) is 9.20. The summed E-state index contributed by atoms with van der Waals surface area (Å²) in [5.41, 5.74) is 8.01. The van der Waals surface area contributed by atoms with Gasteiger partial charge in [-0.3, -0.25) is 9.55 Å². The van der Waals surface area contributed by atoms with E-state index in [1.165, 1.54) is 0 Å². The lowest BCUT2D eigenvalue weighted by Gasteiger charge is -2.13. The van der Waals surface area contributed by atoms with Gasteiger partial charge in [0, 0.05) is 0 Å². The average molecular weight is 261 g/mol. The molecule has 0 unspecified atom stereocenters. The van der Waals surface area contributed by atoms with E-state index < -0.39 is 11.7 Å². The second-order valence-corrected chi connectivity index (χ2v) is 4.58. The lowest BCUT2D eigenvalue weighted by atomic mass is 10.0. The number of nitrogens with two attached hydrogens (primary N) is 1. The van der Waals surface area contributed by atoms with E-state index in [1.54, 1.807) is 0 Å². The smallest absolute Gasteiger partial charge is 0.356 e. The van der Waals surface area contributed by atoms with Crippen LogP contribution in [0, 0.1) is 20.8 Å². The molecule has 100 valence electrons. The number of aromatic carboxylic acids is 1. The van der Waals surface area contributed by atoms with Gasteiger partial charge in [-0.15, -0.1) is 0 Å². The molecule has 0 aliphatic heterocycles. The van der Waals surface area contributed by atoms with Crippen LogP contribution in [-0.4, -0.2) is 20.6 Å². The molecule has 0 fully saturated rings. The second kappa shape index (κ2) is 4.31. The monoisotopic (exact) mass is 261 g/mol. The number of carboxylic acids is 1. The quantitative estimate of drug-likeness (QED) is 0.759. The third-order valence-corrected chi connectivity index (χ3v) is 2.99. The molecular formula is C13H15N3O3. The Kier molecular flexibility index (Phi) is 2.94. The number of carboxylic acid groups (broad SMARTS) is 1. The Morgan fingerprint density at radius 1 is 1.26 bits per heavy atom. The number of aromatic nitrogens is 2. The maximum absolute atomic E-state index is 11.9. The van der Waals surface area contributed by atoms with Gasteiger partial charge in [0.15, 0.2) is 5.69 Å². The Morgan fingerprint density at radius 3 is 2.26 bits per heavy atom. The Morgan fingerprint density at radius 2 is 1.79 bits per heavy atom. The molecule has 1 aromatic heterocycles. The summed E-state index contributed by atoms with van der Waals surface area (Å²) in [7, 11) is 0. The van der Waals surface area contributed by atoms with Crippen LogP contribution in [0.25, 0.3) is 5.69 Å². The number of carbonyl (C=O) groups is 1. The van der Waals surface area contributed by atoms with Crippen LogP contribution in [0.3, 0.4) is 0 Å². The Hall–Kier alpha value is -2.50. The van der Waals surface area contributed by atoms with Crippen molar-refractivity contribution in [2.24, 2.45) is 0 Å². The number of nitrogens with one attached hydrogen (secondary N) is 1. The fourth-order valence-electron chi connectivity index (χ4n) is 2.40. The Labute approximate surface area is 109 Å². The highest BCUT2D eigenvalue weighted by atomic mass is 16.4. The summed E-state index contributed by atoms with van der Waals surface area (Å²) in [6.45, 7) is 5.60. The van der Waals surface area contributed by atoms with E-state index >= 15 is 0 Å². The largest absolute Gasteiger partial charge is 0.476 e. The van der Waals surface area contributed by atoms with E-state index in [1.807, 2.05) is 32.9 Å². The van der Waals surface area contributed by atoms with Crippen LogP contribution in [0.15, 0.2) is 16.9 Å². The number of H-pyrrole nitrogens is 1. The molecule has 0 atom stereocenters. The number of nitrogens with zero attached hydrogens (tertiary/aromatic N) is 1. The molecule has 0 amide bonds. The maximum Gasteiger partial charge on any atom is 0.356 e. The number of hydrogen-bond donors (Lipinski definition) is 3. The molecule has 0 bridgehead atoms. The number of anilines is 1. The summed E-state index contributed by atoms with van der Waals surface area (Å²) < 4.78 is 1.11. The summed E-state index contributed by atoms with van der Waals surface area (Å²) in [6, 6.07) is 3.78.